The molecule has 0 aromatic heterocycles. The quantitative estimate of drug-likeness (QED) is 0.764. The van der Waals surface area contributed by atoms with E-state index in [1.165, 1.54) is 5.56 Å². The first-order valence-corrected chi connectivity index (χ1v) is 7.44. The Kier molecular flexibility index (Phi) is 6.16. The Morgan fingerprint density at radius 2 is 2.00 bits per heavy atom. The predicted molar refractivity (Wildman–Crippen MR) is 81.5 cm³/mol. The van der Waals surface area contributed by atoms with Gasteiger partial charge in [0.15, 0.2) is 0 Å². The third-order valence-corrected chi connectivity index (χ3v) is 3.81. The summed E-state index contributed by atoms with van der Waals surface area (Å²) >= 11 is 3.58. The lowest BCUT2D eigenvalue weighted by Gasteiger charge is -2.26. The second kappa shape index (κ2) is 7.15. The van der Waals surface area contributed by atoms with E-state index in [0.29, 0.717) is 6.61 Å². The third kappa shape index (κ3) is 4.29. The van der Waals surface area contributed by atoms with Crippen LogP contribution in [0.2, 0.25) is 0 Å². The van der Waals surface area contributed by atoms with E-state index in [-0.39, 0.29) is 5.41 Å². The summed E-state index contributed by atoms with van der Waals surface area (Å²) in [5.41, 5.74) is 1.52. The van der Waals surface area contributed by atoms with E-state index >= 15 is 0 Å². The molecular formula is C15H24BrNO. The Bertz CT molecular complexity index is 377. The van der Waals surface area contributed by atoms with E-state index in [4.69, 9.17) is 4.74 Å². The summed E-state index contributed by atoms with van der Waals surface area (Å²) in [6.07, 6.45) is 1.13. The highest BCUT2D eigenvalue weighted by molar-refractivity contribution is 9.10. The molecule has 0 atom stereocenters. The number of ether oxygens (including phenoxy) is 1. The second-order valence-electron chi connectivity index (χ2n) is 5.07. The number of rotatable bonds is 7. The largest absolute Gasteiger partial charge is 0.493 e. The van der Waals surface area contributed by atoms with Gasteiger partial charge in [0.05, 0.1) is 11.1 Å². The first kappa shape index (κ1) is 15.5. The zero-order valence-electron chi connectivity index (χ0n) is 11.8. The Morgan fingerprint density at radius 3 is 2.56 bits per heavy atom. The van der Waals surface area contributed by atoms with Gasteiger partial charge in [-0.25, -0.2) is 0 Å². The first-order valence-electron chi connectivity index (χ1n) is 6.64. The Labute approximate surface area is 119 Å². The van der Waals surface area contributed by atoms with Gasteiger partial charge in [-0.1, -0.05) is 26.8 Å². The summed E-state index contributed by atoms with van der Waals surface area (Å²) in [5.74, 6) is 0.920. The molecule has 0 aliphatic heterocycles. The Balaban J connectivity index is 2.79. The third-order valence-electron chi connectivity index (χ3n) is 3.19. The maximum Gasteiger partial charge on any atom is 0.133 e. The normalized spacial score (nSPS) is 11.6. The van der Waals surface area contributed by atoms with Crippen LogP contribution in [0.4, 0.5) is 0 Å². The van der Waals surface area contributed by atoms with E-state index in [9.17, 15) is 0 Å². The van der Waals surface area contributed by atoms with Crippen LogP contribution < -0.4 is 10.1 Å². The summed E-state index contributed by atoms with van der Waals surface area (Å²) in [4.78, 5) is 0. The zero-order chi connectivity index (χ0) is 13.6. The Morgan fingerprint density at radius 1 is 1.28 bits per heavy atom. The molecule has 0 radical (unpaired) electrons. The highest BCUT2D eigenvalue weighted by atomic mass is 79.9. The molecule has 0 aliphatic rings. The summed E-state index contributed by atoms with van der Waals surface area (Å²) in [6, 6.07) is 6.40. The standard InChI is InChI=1S/C15H24BrNO/c1-5-17-10-9-15(3,4)12-7-8-14(18-6-2)13(16)11-12/h7-8,11,17H,5-6,9-10H2,1-4H3. The fourth-order valence-electron chi connectivity index (χ4n) is 1.92. The van der Waals surface area contributed by atoms with Gasteiger partial charge in [-0.05, 0) is 65.5 Å². The van der Waals surface area contributed by atoms with Gasteiger partial charge in [-0.3, -0.25) is 0 Å². The van der Waals surface area contributed by atoms with Crippen molar-refractivity contribution in [3.8, 4) is 5.75 Å². The zero-order valence-corrected chi connectivity index (χ0v) is 13.4. The molecule has 1 aromatic carbocycles. The predicted octanol–water partition coefficient (Wildman–Crippen LogP) is 4.13. The summed E-state index contributed by atoms with van der Waals surface area (Å²) in [7, 11) is 0. The van der Waals surface area contributed by atoms with Crippen LogP contribution in [0.15, 0.2) is 22.7 Å². The molecule has 0 amide bonds. The molecule has 1 rings (SSSR count). The fourth-order valence-corrected chi connectivity index (χ4v) is 2.41. The minimum Gasteiger partial charge on any atom is -0.493 e. The van der Waals surface area contributed by atoms with E-state index < -0.39 is 0 Å². The van der Waals surface area contributed by atoms with Crippen LogP contribution in [0, 0.1) is 0 Å². The monoisotopic (exact) mass is 313 g/mol. The molecule has 0 saturated heterocycles. The van der Waals surface area contributed by atoms with Crippen LogP contribution in [-0.4, -0.2) is 19.7 Å². The van der Waals surface area contributed by atoms with Gasteiger partial charge < -0.3 is 10.1 Å². The number of halogens is 1. The summed E-state index contributed by atoms with van der Waals surface area (Å²) in [5, 5.41) is 3.38. The minimum absolute atomic E-state index is 0.176. The fraction of sp³-hybridized carbons (Fsp3) is 0.600. The lowest BCUT2D eigenvalue weighted by molar-refractivity contribution is 0.337. The molecule has 2 nitrogen and oxygen atoms in total. The summed E-state index contributed by atoms with van der Waals surface area (Å²) in [6.45, 7) is 11.5. The highest BCUT2D eigenvalue weighted by Gasteiger charge is 2.21. The molecule has 0 aliphatic carbocycles. The van der Waals surface area contributed by atoms with E-state index in [2.05, 4.69) is 60.2 Å². The molecule has 1 aromatic rings. The summed E-state index contributed by atoms with van der Waals surface area (Å²) < 4.78 is 6.58. The smallest absolute Gasteiger partial charge is 0.133 e. The maximum atomic E-state index is 5.54. The maximum absolute atomic E-state index is 5.54. The molecule has 1 N–H and O–H groups in total. The SMILES string of the molecule is CCNCCC(C)(C)c1ccc(OCC)c(Br)c1. The van der Waals surface area contributed by atoms with Crippen molar-refractivity contribution in [2.24, 2.45) is 0 Å². The molecular weight excluding hydrogens is 290 g/mol. The van der Waals surface area contributed by atoms with Crippen LogP contribution in [-0.2, 0) is 5.41 Å². The van der Waals surface area contributed by atoms with Crippen molar-refractivity contribution in [3.05, 3.63) is 28.2 Å². The average Bonchev–Trinajstić information content (AvgIpc) is 2.32. The van der Waals surface area contributed by atoms with Crippen molar-refractivity contribution in [1.29, 1.82) is 0 Å². The van der Waals surface area contributed by atoms with Gasteiger partial charge in [0.2, 0.25) is 0 Å². The number of benzene rings is 1. The van der Waals surface area contributed by atoms with Crippen molar-refractivity contribution in [2.75, 3.05) is 19.7 Å². The molecule has 3 heteroatoms. The van der Waals surface area contributed by atoms with E-state index in [1.54, 1.807) is 0 Å². The van der Waals surface area contributed by atoms with Gasteiger partial charge >= 0.3 is 0 Å². The van der Waals surface area contributed by atoms with Gasteiger partial charge in [-0.2, -0.15) is 0 Å². The van der Waals surface area contributed by atoms with Crippen molar-refractivity contribution >= 4 is 15.9 Å². The van der Waals surface area contributed by atoms with Crippen LogP contribution in [0.1, 0.15) is 39.7 Å². The van der Waals surface area contributed by atoms with Crippen molar-refractivity contribution in [1.82, 2.24) is 5.32 Å². The van der Waals surface area contributed by atoms with Crippen LogP contribution in [0.25, 0.3) is 0 Å². The Hall–Kier alpha value is -0.540. The van der Waals surface area contributed by atoms with Gasteiger partial charge in [-0.15, -0.1) is 0 Å². The molecule has 0 unspecified atom stereocenters. The molecule has 102 valence electrons. The number of hydrogen-bond acceptors (Lipinski definition) is 2. The van der Waals surface area contributed by atoms with Crippen LogP contribution in [0.5, 0.6) is 5.75 Å². The molecule has 0 bridgehead atoms. The van der Waals surface area contributed by atoms with Crippen LogP contribution >= 0.6 is 15.9 Å². The van der Waals surface area contributed by atoms with Gasteiger partial charge in [0.1, 0.15) is 5.75 Å². The lowest BCUT2D eigenvalue weighted by atomic mass is 9.81. The average molecular weight is 314 g/mol. The molecule has 0 spiro atoms. The molecule has 0 saturated carbocycles. The van der Waals surface area contributed by atoms with Gasteiger partial charge in [0, 0.05) is 0 Å². The molecule has 18 heavy (non-hydrogen) atoms. The van der Waals surface area contributed by atoms with Gasteiger partial charge in [0.25, 0.3) is 0 Å². The second-order valence-corrected chi connectivity index (χ2v) is 5.92. The lowest BCUT2D eigenvalue weighted by Crippen LogP contribution is -2.25. The van der Waals surface area contributed by atoms with Crippen molar-refractivity contribution < 1.29 is 4.74 Å². The highest BCUT2D eigenvalue weighted by Crippen LogP contribution is 2.33. The van der Waals surface area contributed by atoms with E-state index in [0.717, 1.165) is 29.7 Å². The molecule has 0 heterocycles. The minimum atomic E-state index is 0.176. The van der Waals surface area contributed by atoms with Crippen LogP contribution in [0.3, 0.4) is 0 Å². The number of hydrogen-bond donors (Lipinski definition) is 1. The van der Waals surface area contributed by atoms with Crippen molar-refractivity contribution in [2.45, 2.75) is 39.5 Å². The molecule has 0 fully saturated rings. The topological polar surface area (TPSA) is 21.3 Å². The number of nitrogens with one attached hydrogen (secondary N) is 1. The first-order chi connectivity index (χ1) is 8.51. The van der Waals surface area contributed by atoms with E-state index in [1.807, 2.05) is 6.92 Å². The van der Waals surface area contributed by atoms with Crippen molar-refractivity contribution in [3.63, 3.8) is 0 Å².